The molecular formula is C15H33NO2Si2. The molecule has 0 radical (unpaired) electrons. The van der Waals surface area contributed by atoms with E-state index in [1.54, 1.807) is 6.08 Å². The third kappa shape index (κ3) is 7.40. The highest BCUT2D eigenvalue weighted by Crippen LogP contribution is 2.23. The van der Waals surface area contributed by atoms with Crippen LogP contribution >= 0.6 is 0 Å². The number of rotatable bonds is 8. The monoisotopic (exact) mass is 315 g/mol. The van der Waals surface area contributed by atoms with Gasteiger partial charge in [-0.25, -0.2) is 4.79 Å². The second-order valence-electron chi connectivity index (χ2n) is 7.36. The van der Waals surface area contributed by atoms with Gasteiger partial charge in [0.2, 0.25) is 0 Å². The van der Waals surface area contributed by atoms with Crippen molar-refractivity contribution >= 4 is 22.4 Å². The van der Waals surface area contributed by atoms with Gasteiger partial charge < -0.3 is 8.97 Å². The molecule has 0 amide bonds. The standard InChI is InChI=1S/C15H33NO2Si2/c1-9-10-11-14(12-15(17)18-2)13-16(19(3,4)5)20(6,7)8/h12H,9-11,13H2,1-8H3/b14-12+. The first-order valence-electron chi connectivity index (χ1n) is 7.57. The molecule has 3 nitrogen and oxygen atoms in total. The van der Waals surface area contributed by atoms with E-state index in [0.717, 1.165) is 25.8 Å². The minimum Gasteiger partial charge on any atom is -0.466 e. The Morgan fingerprint density at radius 1 is 1.10 bits per heavy atom. The lowest BCUT2D eigenvalue weighted by Gasteiger charge is -2.44. The van der Waals surface area contributed by atoms with Crippen LogP contribution in [-0.2, 0) is 9.53 Å². The average Bonchev–Trinajstić information content (AvgIpc) is 2.29. The molecule has 0 aromatic carbocycles. The Bertz CT molecular complexity index is 327. The molecule has 0 aliphatic carbocycles. The van der Waals surface area contributed by atoms with Crippen molar-refractivity contribution in [2.75, 3.05) is 13.7 Å². The lowest BCUT2D eigenvalue weighted by Crippen LogP contribution is -2.59. The number of carbonyl (C=O) groups excluding carboxylic acids is 1. The van der Waals surface area contributed by atoms with Crippen LogP contribution in [0.15, 0.2) is 11.6 Å². The quantitative estimate of drug-likeness (QED) is 0.381. The number of nitrogens with zero attached hydrogens (tertiary/aromatic N) is 1. The first kappa shape index (κ1) is 19.6. The number of ether oxygens (including phenoxy) is 1. The molecule has 20 heavy (non-hydrogen) atoms. The second-order valence-corrected chi connectivity index (χ2v) is 17.6. The maximum absolute atomic E-state index is 11.6. The highest BCUT2D eigenvalue weighted by Gasteiger charge is 2.34. The summed E-state index contributed by atoms with van der Waals surface area (Å²) in [5, 5.41) is 0. The highest BCUT2D eigenvalue weighted by atomic mass is 28.4. The zero-order valence-corrected chi connectivity index (χ0v) is 16.7. The summed E-state index contributed by atoms with van der Waals surface area (Å²) in [6.45, 7) is 17.5. The van der Waals surface area contributed by atoms with Gasteiger partial charge in [-0.3, -0.25) is 0 Å². The molecule has 0 aromatic rings. The number of hydrogen-bond acceptors (Lipinski definition) is 3. The summed E-state index contributed by atoms with van der Waals surface area (Å²) in [5.41, 5.74) is 1.23. The number of unbranched alkanes of at least 4 members (excludes halogenated alkanes) is 1. The first-order valence-corrected chi connectivity index (χ1v) is 14.5. The summed E-state index contributed by atoms with van der Waals surface area (Å²) in [4.78, 5) is 11.6. The van der Waals surface area contributed by atoms with Gasteiger partial charge in [-0.05, 0) is 12.8 Å². The molecule has 0 atom stereocenters. The van der Waals surface area contributed by atoms with Crippen LogP contribution in [-0.4, -0.2) is 40.3 Å². The van der Waals surface area contributed by atoms with Crippen molar-refractivity contribution in [2.45, 2.75) is 65.5 Å². The number of esters is 1. The molecule has 0 aliphatic heterocycles. The molecule has 0 bridgehead atoms. The third-order valence-electron chi connectivity index (χ3n) is 3.36. The molecular weight excluding hydrogens is 282 g/mol. The van der Waals surface area contributed by atoms with Crippen molar-refractivity contribution in [3.05, 3.63) is 11.6 Å². The molecule has 0 aliphatic rings. The minimum absolute atomic E-state index is 0.220. The maximum atomic E-state index is 11.6. The Hall–Kier alpha value is -0.396. The minimum atomic E-state index is -1.38. The van der Waals surface area contributed by atoms with Crippen LogP contribution in [0.5, 0.6) is 0 Å². The van der Waals surface area contributed by atoms with E-state index in [-0.39, 0.29) is 5.97 Å². The van der Waals surface area contributed by atoms with Crippen molar-refractivity contribution in [3.8, 4) is 0 Å². The predicted octanol–water partition coefficient (Wildman–Crippen LogP) is 4.25. The van der Waals surface area contributed by atoms with Crippen molar-refractivity contribution in [1.82, 2.24) is 4.23 Å². The van der Waals surface area contributed by atoms with Gasteiger partial charge in [-0.15, -0.1) is 0 Å². The van der Waals surface area contributed by atoms with E-state index >= 15 is 0 Å². The predicted molar refractivity (Wildman–Crippen MR) is 93.0 cm³/mol. The van der Waals surface area contributed by atoms with Gasteiger partial charge in [-0.1, -0.05) is 58.2 Å². The van der Waals surface area contributed by atoms with Gasteiger partial charge in [0.05, 0.1) is 7.11 Å². The molecule has 0 heterocycles. The van der Waals surface area contributed by atoms with E-state index < -0.39 is 16.5 Å². The number of carbonyl (C=O) groups is 1. The fourth-order valence-electron chi connectivity index (χ4n) is 2.51. The number of methoxy groups -OCH3 is 1. The Morgan fingerprint density at radius 3 is 1.95 bits per heavy atom. The zero-order valence-electron chi connectivity index (χ0n) is 14.7. The molecule has 0 spiro atoms. The SMILES string of the molecule is CCCC/C(=C\C(=O)OC)CN([Si](C)(C)C)[Si](C)(C)C. The Kier molecular flexibility index (Phi) is 7.98. The fourth-order valence-corrected chi connectivity index (χ4v) is 11.9. The molecule has 0 fully saturated rings. The van der Waals surface area contributed by atoms with E-state index in [9.17, 15) is 4.79 Å². The van der Waals surface area contributed by atoms with Crippen LogP contribution in [0.1, 0.15) is 26.2 Å². The molecule has 0 N–H and O–H groups in total. The van der Waals surface area contributed by atoms with Crippen molar-refractivity contribution < 1.29 is 9.53 Å². The first-order chi connectivity index (χ1) is 9.02. The molecule has 5 heteroatoms. The van der Waals surface area contributed by atoms with Crippen molar-refractivity contribution in [1.29, 1.82) is 0 Å². The van der Waals surface area contributed by atoms with E-state index in [1.165, 1.54) is 12.7 Å². The molecule has 0 saturated carbocycles. The smallest absolute Gasteiger partial charge is 0.330 e. The van der Waals surface area contributed by atoms with E-state index in [0.29, 0.717) is 0 Å². The lowest BCUT2D eigenvalue weighted by molar-refractivity contribution is -0.134. The highest BCUT2D eigenvalue weighted by molar-refractivity contribution is 6.89. The molecule has 0 saturated heterocycles. The number of hydrogen-bond donors (Lipinski definition) is 0. The largest absolute Gasteiger partial charge is 0.466 e. The summed E-state index contributed by atoms with van der Waals surface area (Å²) >= 11 is 0. The zero-order chi connectivity index (χ0) is 16.0. The fraction of sp³-hybridized carbons (Fsp3) is 0.800. The third-order valence-corrected chi connectivity index (χ3v) is 10.9. The van der Waals surface area contributed by atoms with Gasteiger partial charge in [0.25, 0.3) is 0 Å². The lowest BCUT2D eigenvalue weighted by atomic mass is 10.1. The molecule has 0 unspecified atom stereocenters. The Labute approximate surface area is 127 Å². The van der Waals surface area contributed by atoms with Gasteiger partial charge in [-0.2, -0.15) is 0 Å². The van der Waals surface area contributed by atoms with Crippen LogP contribution < -0.4 is 0 Å². The van der Waals surface area contributed by atoms with Crippen molar-refractivity contribution in [3.63, 3.8) is 0 Å². The summed E-state index contributed by atoms with van der Waals surface area (Å²) in [6, 6.07) is 0. The summed E-state index contributed by atoms with van der Waals surface area (Å²) in [5.74, 6) is -0.220. The average molecular weight is 316 g/mol. The van der Waals surface area contributed by atoms with Crippen LogP contribution in [0, 0.1) is 0 Å². The molecule has 0 rings (SSSR count). The Morgan fingerprint density at radius 2 is 1.60 bits per heavy atom. The van der Waals surface area contributed by atoms with Crippen LogP contribution in [0.4, 0.5) is 0 Å². The summed E-state index contributed by atoms with van der Waals surface area (Å²) in [6.07, 6.45) is 4.99. The van der Waals surface area contributed by atoms with E-state index in [1.807, 2.05) is 0 Å². The maximum Gasteiger partial charge on any atom is 0.330 e. The second kappa shape index (κ2) is 8.15. The Balaban J connectivity index is 5.18. The molecule has 0 aromatic heterocycles. The van der Waals surface area contributed by atoms with E-state index in [2.05, 4.69) is 50.4 Å². The van der Waals surface area contributed by atoms with Crippen LogP contribution in [0.3, 0.4) is 0 Å². The van der Waals surface area contributed by atoms with Crippen LogP contribution in [0.2, 0.25) is 39.3 Å². The van der Waals surface area contributed by atoms with Gasteiger partial charge in [0, 0.05) is 12.6 Å². The topological polar surface area (TPSA) is 29.5 Å². The van der Waals surface area contributed by atoms with Gasteiger partial charge >= 0.3 is 5.97 Å². The normalized spacial score (nSPS) is 13.8. The van der Waals surface area contributed by atoms with E-state index in [4.69, 9.17) is 4.74 Å². The summed E-state index contributed by atoms with van der Waals surface area (Å²) in [7, 11) is -1.32. The summed E-state index contributed by atoms with van der Waals surface area (Å²) < 4.78 is 7.52. The molecule has 118 valence electrons. The van der Waals surface area contributed by atoms with Crippen LogP contribution in [0.25, 0.3) is 0 Å². The van der Waals surface area contributed by atoms with Crippen molar-refractivity contribution in [2.24, 2.45) is 0 Å². The van der Waals surface area contributed by atoms with Gasteiger partial charge in [0.1, 0.15) is 16.5 Å². The van der Waals surface area contributed by atoms with Gasteiger partial charge in [0.15, 0.2) is 0 Å².